The molecule has 204 valence electrons. The van der Waals surface area contributed by atoms with E-state index in [1.54, 1.807) is 17.0 Å². The minimum atomic E-state index is -4.33. The number of nitrogens with one attached hydrogen (secondary N) is 1. The first kappa shape index (κ1) is 26.7. The van der Waals surface area contributed by atoms with Crippen LogP contribution in [-0.4, -0.2) is 65.6 Å². The van der Waals surface area contributed by atoms with E-state index in [9.17, 15) is 23.9 Å². The summed E-state index contributed by atoms with van der Waals surface area (Å²) < 4.78 is 22.4. The fourth-order valence-electron chi connectivity index (χ4n) is 5.48. The monoisotopic (exact) mass is 543 g/mol. The maximum atomic E-state index is 12.8. The van der Waals surface area contributed by atoms with Crippen LogP contribution in [0.2, 0.25) is 0 Å². The zero-order valence-corrected chi connectivity index (χ0v) is 22.6. The van der Waals surface area contributed by atoms with Gasteiger partial charge < -0.3 is 24.6 Å². The topological polar surface area (TPSA) is 129 Å². The molecular weight excluding hydrogens is 509 g/mol. The molecule has 0 radical (unpaired) electrons. The summed E-state index contributed by atoms with van der Waals surface area (Å²) in [6.45, 7) is 5.18. The summed E-state index contributed by atoms with van der Waals surface area (Å²) in [6.07, 6.45) is 3.69. The maximum absolute atomic E-state index is 12.8. The van der Waals surface area contributed by atoms with E-state index in [0.29, 0.717) is 42.6 Å². The van der Waals surface area contributed by atoms with Crippen molar-refractivity contribution in [1.29, 1.82) is 0 Å². The molecule has 5 rings (SSSR count). The van der Waals surface area contributed by atoms with Crippen LogP contribution in [0.15, 0.2) is 36.4 Å². The number of nitrogens with zero attached hydrogens (tertiary/aromatic N) is 2. The Labute approximate surface area is 222 Å². The third-order valence-electron chi connectivity index (χ3n) is 7.74. The second-order valence-electron chi connectivity index (χ2n) is 10.4. The number of urea groups is 1. The van der Waals surface area contributed by atoms with Gasteiger partial charge in [0.2, 0.25) is 0 Å². The first-order valence-electron chi connectivity index (χ1n) is 13.0. The van der Waals surface area contributed by atoms with Gasteiger partial charge in [-0.3, -0.25) is 14.4 Å². The Morgan fingerprint density at radius 3 is 2.42 bits per heavy atom. The Balaban J connectivity index is 1.27. The number of methoxy groups -OCH3 is 1. The van der Waals surface area contributed by atoms with Gasteiger partial charge in [-0.1, -0.05) is 0 Å². The summed E-state index contributed by atoms with van der Waals surface area (Å²) in [4.78, 5) is 47.9. The van der Waals surface area contributed by atoms with Crippen LogP contribution in [0.4, 0.5) is 10.5 Å². The molecule has 2 heterocycles. The molecule has 3 fully saturated rings. The van der Waals surface area contributed by atoms with E-state index in [0.717, 1.165) is 49.9 Å². The van der Waals surface area contributed by atoms with Crippen molar-refractivity contribution in [1.82, 2.24) is 10.2 Å². The summed E-state index contributed by atoms with van der Waals surface area (Å²) in [5.41, 5.74) is 2.93. The van der Waals surface area contributed by atoms with Gasteiger partial charge in [-0.2, -0.15) is 0 Å². The minimum Gasteiger partial charge on any atom is -0.494 e. The molecule has 1 saturated carbocycles. The lowest BCUT2D eigenvalue weighted by Crippen LogP contribution is -2.52. The van der Waals surface area contributed by atoms with E-state index < -0.39 is 7.60 Å². The molecule has 10 nitrogen and oxygen atoms in total. The predicted octanol–water partition coefficient (Wildman–Crippen LogP) is 3.12. The van der Waals surface area contributed by atoms with Crippen molar-refractivity contribution in [2.75, 3.05) is 38.3 Å². The Kier molecular flexibility index (Phi) is 7.26. The molecule has 3 N–H and O–H groups in total. The third kappa shape index (κ3) is 5.45. The lowest BCUT2D eigenvalue weighted by atomic mass is 9.88. The molecule has 2 aromatic rings. The number of ether oxygens (including phenoxy) is 2. The maximum Gasteiger partial charge on any atom is 0.356 e. The number of hydrogen-bond donors (Lipinski definition) is 3. The Morgan fingerprint density at radius 2 is 1.84 bits per heavy atom. The highest BCUT2D eigenvalue weighted by atomic mass is 31.2. The lowest BCUT2D eigenvalue weighted by molar-refractivity contribution is 0.0598. The van der Waals surface area contributed by atoms with Gasteiger partial charge in [-0.25, -0.2) is 9.59 Å². The largest absolute Gasteiger partial charge is 0.494 e. The fourth-order valence-corrected chi connectivity index (χ4v) is 6.02. The zero-order valence-electron chi connectivity index (χ0n) is 21.7. The SMILES string of the molecule is CCOc1cc(C(=O)OC)c(C2CC2)cc1CN1CCC2(CC1)CN(c1ccc(P(=O)(O)O)cc1)C(=O)N2. The van der Waals surface area contributed by atoms with Gasteiger partial charge >= 0.3 is 19.6 Å². The molecule has 0 unspecified atom stereocenters. The Hall–Kier alpha value is -2.91. The van der Waals surface area contributed by atoms with Gasteiger partial charge in [-0.05, 0) is 80.5 Å². The smallest absolute Gasteiger partial charge is 0.356 e. The van der Waals surface area contributed by atoms with E-state index in [-0.39, 0.29) is 22.8 Å². The molecule has 1 aliphatic carbocycles. The van der Waals surface area contributed by atoms with E-state index in [1.165, 1.54) is 19.2 Å². The first-order valence-corrected chi connectivity index (χ1v) is 14.6. The summed E-state index contributed by atoms with van der Waals surface area (Å²) in [5.74, 6) is 0.757. The van der Waals surface area contributed by atoms with Crippen molar-refractivity contribution < 1.29 is 33.4 Å². The number of rotatable bonds is 8. The molecule has 2 amide bonds. The van der Waals surface area contributed by atoms with Crippen LogP contribution >= 0.6 is 7.60 Å². The highest BCUT2D eigenvalue weighted by molar-refractivity contribution is 7.60. The van der Waals surface area contributed by atoms with E-state index in [2.05, 4.69) is 16.3 Å². The van der Waals surface area contributed by atoms with Crippen molar-refractivity contribution in [2.24, 2.45) is 0 Å². The lowest BCUT2D eigenvalue weighted by Gasteiger charge is -2.39. The molecule has 2 aromatic carbocycles. The van der Waals surface area contributed by atoms with Crippen LogP contribution in [-0.2, 0) is 15.8 Å². The number of carbonyl (C=O) groups is 2. The highest BCUT2D eigenvalue weighted by Crippen LogP contribution is 2.44. The molecular formula is C27H34N3O7P. The number of benzene rings is 2. The minimum absolute atomic E-state index is 0.0697. The highest BCUT2D eigenvalue weighted by Gasteiger charge is 2.45. The number of amides is 2. The van der Waals surface area contributed by atoms with Crippen molar-refractivity contribution in [3.8, 4) is 5.75 Å². The molecule has 1 spiro atoms. The number of esters is 1. The molecule has 3 aliphatic rings. The summed E-state index contributed by atoms with van der Waals surface area (Å²) >= 11 is 0. The standard InChI is InChI=1S/C27H34N3O7P/c1-3-37-24-15-23(25(31)36-2)22(18-4-5-18)14-19(24)16-29-12-10-27(11-13-29)17-30(26(32)28-27)20-6-8-21(9-7-20)38(33,34)35/h6-9,14-15,18H,3-5,10-13,16-17H2,1-2H3,(H,28,32)(H2,33,34,35). The summed E-state index contributed by atoms with van der Waals surface area (Å²) in [6, 6.07) is 9.63. The summed E-state index contributed by atoms with van der Waals surface area (Å²) in [7, 11) is -2.93. The normalized spacial score (nSPS) is 19.5. The second kappa shape index (κ2) is 10.3. The number of anilines is 1. The van der Waals surface area contributed by atoms with Gasteiger partial charge in [0, 0.05) is 30.9 Å². The van der Waals surface area contributed by atoms with Crippen LogP contribution in [0.3, 0.4) is 0 Å². The van der Waals surface area contributed by atoms with Gasteiger partial charge in [-0.15, -0.1) is 0 Å². The van der Waals surface area contributed by atoms with E-state index >= 15 is 0 Å². The predicted molar refractivity (Wildman–Crippen MR) is 142 cm³/mol. The average molecular weight is 544 g/mol. The van der Waals surface area contributed by atoms with Crippen LogP contribution in [0.5, 0.6) is 5.75 Å². The van der Waals surface area contributed by atoms with Crippen molar-refractivity contribution in [3.05, 3.63) is 53.1 Å². The number of hydrogen-bond acceptors (Lipinski definition) is 6. The zero-order chi connectivity index (χ0) is 27.1. The molecule has 11 heteroatoms. The van der Waals surface area contributed by atoms with Gasteiger partial charge in [0.1, 0.15) is 5.75 Å². The van der Waals surface area contributed by atoms with Crippen LogP contribution in [0, 0.1) is 0 Å². The van der Waals surface area contributed by atoms with Crippen molar-refractivity contribution in [3.63, 3.8) is 0 Å². The van der Waals surface area contributed by atoms with Crippen LogP contribution in [0.25, 0.3) is 0 Å². The number of piperidine rings is 1. The van der Waals surface area contributed by atoms with Crippen LogP contribution in [0.1, 0.15) is 60.0 Å². The van der Waals surface area contributed by atoms with E-state index in [4.69, 9.17) is 9.47 Å². The second-order valence-corrected chi connectivity index (χ2v) is 12.0. The molecule has 2 aliphatic heterocycles. The average Bonchev–Trinajstić information content (AvgIpc) is 3.69. The molecule has 0 atom stereocenters. The van der Waals surface area contributed by atoms with Crippen LogP contribution < -0.4 is 20.3 Å². The van der Waals surface area contributed by atoms with Gasteiger partial charge in [0.25, 0.3) is 0 Å². The quantitative estimate of drug-likeness (QED) is 0.342. The molecule has 2 saturated heterocycles. The number of likely N-dealkylation sites (tertiary alicyclic amines) is 1. The molecule has 0 aromatic heterocycles. The Bertz CT molecular complexity index is 1260. The van der Waals surface area contributed by atoms with Gasteiger partial charge in [0.15, 0.2) is 0 Å². The van der Waals surface area contributed by atoms with E-state index in [1.807, 2.05) is 13.0 Å². The third-order valence-corrected chi connectivity index (χ3v) is 8.71. The van der Waals surface area contributed by atoms with Crippen molar-refractivity contribution in [2.45, 2.75) is 50.6 Å². The fraction of sp³-hybridized carbons (Fsp3) is 0.481. The Morgan fingerprint density at radius 1 is 1.16 bits per heavy atom. The molecule has 38 heavy (non-hydrogen) atoms. The van der Waals surface area contributed by atoms with Gasteiger partial charge in [0.05, 0.1) is 36.7 Å². The first-order chi connectivity index (χ1) is 18.1. The number of carbonyl (C=O) groups excluding carboxylic acids is 2. The molecule has 0 bridgehead atoms. The summed E-state index contributed by atoms with van der Waals surface area (Å²) in [5, 5.41) is 3.10. The van der Waals surface area contributed by atoms with Crippen molar-refractivity contribution >= 4 is 30.6 Å².